The van der Waals surface area contributed by atoms with Crippen molar-refractivity contribution in [2.24, 2.45) is 0 Å². The smallest absolute Gasteiger partial charge is 0.235 e. The van der Waals surface area contributed by atoms with Gasteiger partial charge < -0.3 is 0 Å². The number of nitrogens with zero attached hydrogens (tertiary/aromatic N) is 6. The van der Waals surface area contributed by atoms with Gasteiger partial charge in [-0.3, -0.25) is 9.13 Å². The molecular formula is C110H70N6. The van der Waals surface area contributed by atoms with E-state index >= 15 is 0 Å². The maximum Gasteiger partial charge on any atom is 0.235 e. The SMILES string of the molecule is c1ccc(-c2cc(-c3ccccc3)cc(-c3ccc(-c4nc(-n5c6ccc7ccccc7c6c6c7cc(-c8ccccc8)ccc7ccc65)nc5ccccc45)cc3)c2)cc1.c1ccc(-c2cc(-c3ccccc3)cc(-c3ccc(-c4nc(-n5c6ccc7ccccc7c6c6c7ccccc7ccc65)nc5ccccc45)cc3)c2)cc1. The van der Waals surface area contributed by atoms with Gasteiger partial charge in [-0.2, -0.15) is 0 Å². The minimum absolute atomic E-state index is 0.648. The minimum atomic E-state index is 0.648. The summed E-state index contributed by atoms with van der Waals surface area (Å²) in [4.78, 5) is 21.5. The molecular weight excluding hydrogens is 1410 g/mol. The third-order valence-electron chi connectivity index (χ3n) is 23.2. The van der Waals surface area contributed by atoms with Crippen molar-refractivity contribution in [2.45, 2.75) is 0 Å². The molecule has 4 aromatic heterocycles. The van der Waals surface area contributed by atoms with Gasteiger partial charge in [0, 0.05) is 43.4 Å². The van der Waals surface area contributed by atoms with Crippen molar-refractivity contribution in [1.29, 1.82) is 0 Å². The monoisotopic (exact) mass is 1470 g/mol. The number of hydrogen-bond acceptors (Lipinski definition) is 4. The van der Waals surface area contributed by atoms with Crippen LogP contribution >= 0.6 is 0 Å². The topological polar surface area (TPSA) is 61.4 Å². The highest BCUT2D eigenvalue weighted by atomic mass is 15.2. The number of fused-ring (bicyclic) bond motifs is 16. The van der Waals surface area contributed by atoms with Gasteiger partial charge in [-0.25, -0.2) is 19.9 Å². The molecule has 0 N–H and O–H groups in total. The van der Waals surface area contributed by atoms with Crippen LogP contribution in [-0.4, -0.2) is 29.1 Å². The molecule has 0 unspecified atom stereocenters. The lowest BCUT2D eigenvalue weighted by molar-refractivity contribution is 1.01. The van der Waals surface area contributed by atoms with Gasteiger partial charge in [-0.05, 0) is 200 Å². The number of hydrogen-bond donors (Lipinski definition) is 0. The van der Waals surface area contributed by atoms with Crippen LogP contribution in [0.5, 0.6) is 0 Å². The number of rotatable bonds is 11. The standard InChI is InChI=1S/C58H37N3.C52H33N3/c1-4-14-38(15-5-1)45-29-26-43-31-33-54-56(51(43)37-45)55-49-21-11-10-20-42(49)30-32-53(55)61(54)58-59-52-23-13-12-22-50(52)57(60-58)44-27-24-41(25-28-44)48-35-46(39-16-6-2-7-17-39)34-47(36-48)40-18-8-3-9-19-40;1-3-13-34(14-4-1)40-31-41(35-15-5-2-6-16-35)33-42(32-40)36-23-25-39(26-24-36)51-45-21-11-12-22-46(45)53-52(54-51)55-47-29-27-37-17-7-9-19-43(37)49(47)50-44-20-10-8-18-38(44)28-30-48(50)55/h1-37H;1-33H. The Morgan fingerprint density at radius 2 is 0.379 bits per heavy atom. The summed E-state index contributed by atoms with van der Waals surface area (Å²) in [6, 6.07) is 152. The van der Waals surface area contributed by atoms with E-state index in [1.54, 1.807) is 0 Å². The van der Waals surface area contributed by atoms with Crippen molar-refractivity contribution < 1.29 is 0 Å². The first kappa shape index (κ1) is 67.4. The van der Waals surface area contributed by atoms with E-state index in [0.717, 1.165) is 77.5 Å². The zero-order chi connectivity index (χ0) is 76.6. The normalized spacial score (nSPS) is 11.6. The van der Waals surface area contributed by atoms with Gasteiger partial charge in [0.15, 0.2) is 0 Å². The van der Waals surface area contributed by atoms with Gasteiger partial charge in [-0.15, -0.1) is 0 Å². The van der Waals surface area contributed by atoms with Gasteiger partial charge in [0.1, 0.15) is 0 Å². The Kier molecular flexibility index (Phi) is 16.5. The lowest BCUT2D eigenvalue weighted by Gasteiger charge is -2.13. The molecule has 4 heterocycles. The fraction of sp³-hybridized carbons (Fsp3) is 0. The molecule has 0 aliphatic rings. The van der Waals surface area contributed by atoms with Crippen molar-refractivity contribution in [3.05, 3.63) is 425 Å². The first-order valence-electron chi connectivity index (χ1n) is 39.6. The first-order valence-corrected chi connectivity index (χ1v) is 39.6. The fourth-order valence-electron chi connectivity index (χ4n) is 17.6. The summed E-state index contributed by atoms with van der Waals surface area (Å²) in [5.74, 6) is 1.31. The second-order valence-electron chi connectivity index (χ2n) is 30.0. The Balaban J connectivity index is 0.000000141. The van der Waals surface area contributed by atoms with Gasteiger partial charge in [0.25, 0.3) is 0 Å². The van der Waals surface area contributed by atoms with E-state index in [-0.39, 0.29) is 0 Å². The van der Waals surface area contributed by atoms with Crippen LogP contribution in [0.4, 0.5) is 0 Å². The van der Waals surface area contributed by atoms with Gasteiger partial charge in [0.2, 0.25) is 11.9 Å². The van der Waals surface area contributed by atoms with Crippen LogP contribution in [0.25, 0.3) is 221 Å². The summed E-state index contributed by atoms with van der Waals surface area (Å²) in [6.07, 6.45) is 0. The summed E-state index contributed by atoms with van der Waals surface area (Å²) in [5.41, 5.74) is 26.6. The Morgan fingerprint density at radius 3 is 0.707 bits per heavy atom. The summed E-state index contributed by atoms with van der Waals surface area (Å²) < 4.78 is 4.53. The van der Waals surface area contributed by atoms with E-state index in [1.807, 2.05) is 0 Å². The molecule has 23 rings (SSSR count). The van der Waals surface area contributed by atoms with Crippen LogP contribution < -0.4 is 0 Å². The van der Waals surface area contributed by atoms with Crippen LogP contribution in [-0.2, 0) is 0 Å². The number of para-hydroxylation sites is 2. The third kappa shape index (κ3) is 11.9. The molecule has 0 radical (unpaired) electrons. The average molecular weight is 1480 g/mol. The number of benzene rings is 19. The molecule has 0 amide bonds. The molecule has 19 aromatic carbocycles. The summed E-state index contributed by atoms with van der Waals surface area (Å²) in [6.45, 7) is 0. The predicted octanol–water partition coefficient (Wildman–Crippen LogP) is 29.1. The van der Waals surface area contributed by atoms with E-state index in [9.17, 15) is 0 Å². The Bertz CT molecular complexity index is 7560. The van der Waals surface area contributed by atoms with Crippen LogP contribution in [0.2, 0.25) is 0 Å². The maximum absolute atomic E-state index is 5.50. The molecule has 6 heteroatoms. The molecule has 0 aliphatic carbocycles. The number of aromatic nitrogens is 6. The predicted molar refractivity (Wildman–Crippen MR) is 487 cm³/mol. The molecule has 0 aliphatic heterocycles. The highest BCUT2D eigenvalue weighted by Crippen LogP contribution is 2.46. The van der Waals surface area contributed by atoms with Crippen LogP contribution in [0.3, 0.4) is 0 Å². The molecule has 0 bridgehead atoms. The van der Waals surface area contributed by atoms with E-state index in [4.69, 9.17) is 19.9 Å². The molecule has 0 spiro atoms. The van der Waals surface area contributed by atoms with E-state index in [0.29, 0.717) is 11.9 Å². The van der Waals surface area contributed by atoms with Crippen molar-refractivity contribution in [3.63, 3.8) is 0 Å². The molecule has 23 aromatic rings. The van der Waals surface area contributed by atoms with Crippen LogP contribution in [0.15, 0.2) is 425 Å². The molecule has 0 atom stereocenters. The van der Waals surface area contributed by atoms with Crippen molar-refractivity contribution in [3.8, 4) is 112 Å². The lowest BCUT2D eigenvalue weighted by atomic mass is 9.93. The van der Waals surface area contributed by atoms with E-state index in [1.165, 1.54) is 131 Å². The van der Waals surface area contributed by atoms with Gasteiger partial charge in [-0.1, -0.05) is 346 Å². The third-order valence-corrected chi connectivity index (χ3v) is 23.2. The second kappa shape index (κ2) is 28.4. The zero-order valence-electron chi connectivity index (χ0n) is 63.1. The summed E-state index contributed by atoms with van der Waals surface area (Å²) in [5, 5.41) is 16.6. The Morgan fingerprint density at radius 1 is 0.147 bits per heavy atom. The molecule has 116 heavy (non-hydrogen) atoms. The quantitative estimate of drug-likeness (QED) is 0.129. The highest BCUT2D eigenvalue weighted by molar-refractivity contribution is 6.30. The largest absolute Gasteiger partial charge is 0.278 e. The second-order valence-corrected chi connectivity index (χ2v) is 30.0. The van der Waals surface area contributed by atoms with Crippen molar-refractivity contribution in [2.75, 3.05) is 0 Å². The average Bonchev–Trinajstić information content (AvgIpc) is 1.56. The van der Waals surface area contributed by atoms with E-state index in [2.05, 4.69) is 434 Å². The van der Waals surface area contributed by atoms with E-state index < -0.39 is 0 Å². The molecule has 540 valence electrons. The van der Waals surface area contributed by atoms with Gasteiger partial charge in [0.05, 0.1) is 44.5 Å². The van der Waals surface area contributed by atoms with Crippen LogP contribution in [0.1, 0.15) is 0 Å². The van der Waals surface area contributed by atoms with Crippen LogP contribution in [0, 0.1) is 0 Å². The summed E-state index contributed by atoms with van der Waals surface area (Å²) >= 11 is 0. The summed E-state index contributed by atoms with van der Waals surface area (Å²) in [7, 11) is 0. The first-order chi connectivity index (χ1) is 57.5. The molecule has 0 fully saturated rings. The molecule has 0 saturated carbocycles. The van der Waals surface area contributed by atoms with Crippen molar-refractivity contribution >= 4 is 109 Å². The minimum Gasteiger partial charge on any atom is -0.278 e. The fourth-order valence-corrected chi connectivity index (χ4v) is 17.6. The molecule has 0 saturated heterocycles. The lowest BCUT2D eigenvalue weighted by Crippen LogP contribution is -2.03. The Labute approximate surface area is 670 Å². The Hall–Kier alpha value is -15.5. The highest BCUT2D eigenvalue weighted by Gasteiger charge is 2.24. The molecule has 6 nitrogen and oxygen atoms in total. The zero-order valence-corrected chi connectivity index (χ0v) is 63.1. The van der Waals surface area contributed by atoms with Gasteiger partial charge >= 0.3 is 0 Å². The van der Waals surface area contributed by atoms with Crippen molar-refractivity contribution in [1.82, 2.24) is 29.1 Å². The maximum atomic E-state index is 5.50.